The Labute approximate surface area is 129 Å². The Morgan fingerprint density at radius 3 is 2.68 bits per heavy atom. The fourth-order valence-corrected chi connectivity index (χ4v) is 2.26. The Morgan fingerprint density at radius 2 is 1.86 bits per heavy atom. The normalized spacial score (nSPS) is 12.6. The molecule has 5 heteroatoms. The number of hydrogen-bond acceptors (Lipinski definition) is 4. The van der Waals surface area contributed by atoms with Gasteiger partial charge in [0.05, 0.1) is 6.54 Å². The van der Waals surface area contributed by atoms with Crippen molar-refractivity contribution in [3.8, 4) is 11.5 Å². The van der Waals surface area contributed by atoms with E-state index in [9.17, 15) is 4.79 Å². The van der Waals surface area contributed by atoms with E-state index in [-0.39, 0.29) is 12.5 Å². The average molecular weight is 298 g/mol. The predicted octanol–water partition coefficient (Wildman–Crippen LogP) is 2.82. The van der Waals surface area contributed by atoms with Gasteiger partial charge in [-0.15, -0.1) is 0 Å². The van der Waals surface area contributed by atoms with Gasteiger partial charge in [-0.2, -0.15) is 0 Å². The highest BCUT2D eigenvalue weighted by Gasteiger charge is 2.12. The van der Waals surface area contributed by atoms with Gasteiger partial charge in [0, 0.05) is 17.4 Å². The van der Waals surface area contributed by atoms with Crippen molar-refractivity contribution in [3.05, 3.63) is 48.0 Å². The number of carbonyl (C=O) groups is 1. The number of amides is 1. The number of rotatable bonds is 4. The zero-order valence-electron chi connectivity index (χ0n) is 12.4. The molecule has 1 aliphatic rings. The van der Waals surface area contributed by atoms with E-state index in [1.807, 2.05) is 49.4 Å². The summed E-state index contributed by atoms with van der Waals surface area (Å²) in [7, 11) is 0. The van der Waals surface area contributed by atoms with E-state index in [1.165, 1.54) is 0 Å². The first-order chi connectivity index (χ1) is 10.7. The van der Waals surface area contributed by atoms with Gasteiger partial charge in [0.25, 0.3) is 0 Å². The predicted molar refractivity (Wildman–Crippen MR) is 85.7 cm³/mol. The first-order valence-electron chi connectivity index (χ1n) is 7.21. The molecular formula is C17H18N2O3. The van der Waals surface area contributed by atoms with Gasteiger partial charge in [0.1, 0.15) is 13.2 Å². The van der Waals surface area contributed by atoms with Gasteiger partial charge < -0.3 is 20.1 Å². The van der Waals surface area contributed by atoms with E-state index < -0.39 is 0 Å². The maximum absolute atomic E-state index is 12.0. The highest BCUT2D eigenvalue weighted by Crippen LogP contribution is 2.32. The molecule has 2 aromatic carbocycles. The smallest absolute Gasteiger partial charge is 0.243 e. The molecule has 3 rings (SSSR count). The van der Waals surface area contributed by atoms with E-state index in [2.05, 4.69) is 10.6 Å². The molecule has 0 atom stereocenters. The van der Waals surface area contributed by atoms with Crippen molar-refractivity contribution in [2.24, 2.45) is 0 Å². The summed E-state index contributed by atoms with van der Waals surface area (Å²) in [6.45, 7) is 3.29. The lowest BCUT2D eigenvalue weighted by Crippen LogP contribution is -2.22. The lowest BCUT2D eigenvalue weighted by Gasteiger charge is -2.19. The molecular weight excluding hydrogens is 280 g/mol. The summed E-state index contributed by atoms with van der Waals surface area (Å²) in [6.07, 6.45) is 0. The minimum atomic E-state index is -0.0968. The first-order valence-corrected chi connectivity index (χ1v) is 7.21. The molecule has 0 fully saturated rings. The van der Waals surface area contributed by atoms with Gasteiger partial charge in [-0.1, -0.05) is 12.1 Å². The minimum absolute atomic E-state index is 0.0968. The Morgan fingerprint density at radius 1 is 1.05 bits per heavy atom. The molecule has 1 amide bonds. The average Bonchev–Trinajstić information content (AvgIpc) is 2.53. The molecule has 1 aliphatic heterocycles. The Bertz CT molecular complexity index is 685. The van der Waals surface area contributed by atoms with E-state index in [0.717, 1.165) is 22.7 Å². The number of carbonyl (C=O) groups excluding carboxylic acids is 1. The molecule has 2 N–H and O–H groups in total. The highest BCUT2D eigenvalue weighted by atomic mass is 16.6. The van der Waals surface area contributed by atoms with Gasteiger partial charge >= 0.3 is 0 Å². The lowest BCUT2D eigenvalue weighted by molar-refractivity contribution is -0.114. The monoisotopic (exact) mass is 298 g/mol. The second-order valence-electron chi connectivity index (χ2n) is 5.13. The van der Waals surface area contributed by atoms with E-state index >= 15 is 0 Å². The third kappa shape index (κ3) is 3.49. The topological polar surface area (TPSA) is 59.6 Å². The number of anilines is 2. The van der Waals surface area contributed by atoms with Gasteiger partial charge in [0.15, 0.2) is 11.5 Å². The second kappa shape index (κ2) is 6.39. The lowest BCUT2D eigenvalue weighted by atomic mass is 10.2. The molecule has 22 heavy (non-hydrogen) atoms. The van der Waals surface area contributed by atoms with E-state index in [0.29, 0.717) is 19.0 Å². The zero-order valence-corrected chi connectivity index (χ0v) is 12.4. The second-order valence-corrected chi connectivity index (χ2v) is 5.13. The van der Waals surface area contributed by atoms with Gasteiger partial charge in [-0.3, -0.25) is 4.79 Å². The summed E-state index contributed by atoms with van der Waals surface area (Å²) >= 11 is 0. The van der Waals surface area contributed by atoms with Crippen LogP contribution in [0.3, 0.4) is 0 Å². The van der Waals surface area contributed by atoms with Crippen molar-refractivity contribution >= 4 is 17.3 Å². The minimum Gasteiger partial charge on any atom is -0.486 e. The largest absolute Gasteiger partial charge is 0.486 e. The number of ether oxygens (including phenoxy) is 2. The summed E-state index contributed by atoms with van der Waals surface area (Å²) < 4.78 is 11.0. The van der Waals surface area contributed by atoms with Crippen LogP contribution in [0, 0.1) is 6.92 Å². The van der Waals surface area contributed by atoms with Crippen LogP contribution in [0.4, 0.5) is 11.4 Å². The number of benzene rings is 2. The highest BCUT2D eigenvalue weighted by molar-refractivity contribution is 5.93. The number of fused-ring (bicyclic) bond motifs is 1. The zero-order chi connectivity index (χ0) is 15.4. The van der Waals surface area contributed by atoms with Crippen molar-refractivity contribution < 1.29 is 14.3 Å². The van der Waals surface area contributed by atoms with Crippen LogP contribution in [-0.2, 0) is 4.79 Å². The SMILES string of the molecule is Cc1cccc(NC(=O)CNc2ccc3c(c2)OCCO3)c1. The maximum Gasteiger partial charge on any atom is 0.243 e. The van der Waals surface area contributed by atoms with Crippen LogP contribution in [-0.4, -0.2) is 25.7 Å². The summed E-state index contributed by atoms with van der Waals surface area (Å²) in [5.74, 6) is 1.34. The van der Waals surface area contributed by atoms with Crippen LogP contribution >= 0.6 is 0 Å². The Hall–Kier alpha value is -2.69. The maximum atomic E-state index is 12.0. The molecule has 0 unspecified atom stereocenters. The van der Waals surface area contributed by atoms with Gasteiger partial charge in [-0.25, -0.2) is 0 Å². The number of hydrogen-bond donors (Lipinski definition) is 2. The standard InChI is InChI=1S/C17H18N2O3/c1-12-3-2-4-14(9-12)19-17(20)11-18-13-5-6-15-16(10-13)22-8-7-21-15/h2-6,9-10,18H,7-8,11H2,1H3,(H,19,20). The van der Waals surface area contributed by atoms with Crippen LogP contribution in [0.2, 0.25) is 0 Å². The molecule has 0 radical (unpaired) electrons. The summed E-state index contributed by atoms with van der Waals surface area (Å²) in [4.78, 5) is 12.0. The van der Waals surface area contributed by atoms with E-state index in [4.69, 9.17) is 9.47 Å². The number of aryl methyl sites for hydroxylation is 1. The fourth-order valence-electron chi connectivity index (χ4n) is 2.26. The molecule has 0 aliphatic carbocycles. The first kappa shape index (κ1) is 14.3. The molecule has 5 nitrogen and oxygen atoms in total. The fraction of sp³-hybridized carbons (Fsp3) is 0.235. The van der Waals surface area contributed by atoms with Crippen molar-refractivity contribution in [1.82, 2.24) is 0 Å². The van der Waals surface area contributed by atoms with Crippen LogP contribution in [0.1, 0.15) is 5.56 Å². The molecule has 0 saturated carbocycles. The van der Waals surface area contributed by atoms with Crippen molar-refractivity contribution in [3.63, 3.8) is 0 Å². The van der Waals surface area contributed by atoms with Crippen LogP contribution < -0.4 is 20.1 Å². The molecule has 0 saturated heterocycles. The summed E-state index contributed by atoms with van der Waals surface area (Å²) in [6, 6.07) is 13.3. The number of nitrogens with one attached hydrogen (secondary N) is 2. The molecule has 114 valence electrons. The summed E-state index contributed by atoms with van der Waals surface area (Å²) in [5.41, 5.74) is 2.73. The Kier molecular flexibility index (Phi) is 4.14. The van der Waals surface area contributed by atoms with E-state index in [1.54, 1.807) is 0 Å². The van der Waals surface area contributed by atoms with Crippen LogP contribution in [0.5, 0.6) is 11.5 Å². The van der Waals surface area contributed by atoms with Gasteiger partial charge in [0.2, 0.25) is 5.91 Å². The van der Waals surface area contributed by atoms with Crippen molar-refractivity contribution in [2.75, 3.05) is 30.4 Å². The molecule has 0 spiro atoms. The van der Waals surface area contributed by atoms with Crippen molar-refractivity contribution in [2.45, 2.75) is 6.92 Å². The Balaban J connectivity index is 1.57. The van der Waals surface area contributed by atoms with Crippen LogP contribution in [0.15, 0.2) is 42.5 Å². The molecule has 1 heterocycles. The van der Waals surface area contributed by atoms with Gasteiger partial charge in [-0.05, 0) is 36.8 Å². The third-order valence-corrected chi connectivity index (χ3v) is 3.30. The quantitative estimate of drug-likeness (QED) is 0.911. The third-order valence-electron chi connectivity index (χ3n) is 3.30. The van der Waals surface area contributed by atoms with Crippen LogP contribution in [0.25, 0.3) is 0 Å². The van der Waals surface area contributed by atoms with Crippen molar-refractivity contribution in [1.29, 1.82) is 0 Å². The summed E-state index contributed by atoms with van der Waals surface area (Å²) in [5, 5.41) is 5.94. The molecule has 0 aromatic heterocycles. The molecule has 2 aromatic rings. The molecule has 0 bridgehead atoms.